The third-order valence-corrected chi connectivity index (χ3v) is 7.86. The summed E-state index contributed by atoms with van der Waals surface area (Å²) in [5, 5.41) is -0.588. The highest BCUT2D eigenvalue weighted by molar-refractivity contribution is 7.93. The number of aryl methyl sites for hydroxylation is 2. The van der Waals surface area contributed by atoms with E-state index >= 15 is 4.39 Å². The first-order chi connectivity index (χ1) is 14.7. The number of H-pyrrole nitrogens is 1. The molecule has 0 bridgehead atoms. The van der Waals surface area contributed by atoms with Gasteiger partial charge in [0.05, 0.1) is 10.9 Å². The lowest BCUT2D eigenvalue weighted by Crippen LogP contribution is -2.30. The number of pyridine rings is 1. The molecule has 3 aromatic rings. The van der Waals surface area contributed by atoms with Crippen LogP contribution in [0.1, 0.15) is 42.0 Å². The Labute approximate surface area is 181 Å². The normalized spacial score (nSPS) is 15.1. The largest absolute Gasteiger partial charge is 0.348 e. The maximum Gasteiger partial charge on any atom is 0.292 e. The minimum absolute atomic E-state index is 0.0475. The second-order valence-corrected chi connectivity index (χ2v) is 10.4. The second kappa shape index (κ2) is 8.00. The lowest BCUT2D eigenvalue weighted by molar-refractivity contribution is 0.577. The summed E-state index contributed by atoms with van der Waals surface area (Å²) in [4.78, 5) is 15.6. The van der Waals surface area contributed by atoms with Crippen LogP contribution < -0.4 is 10.3 Å². The molecule has 1 aliphatic rings. The van der Waals surface area contributed by atoms with Crippen molar-refractivity contribution in [2.24, 2.45) is 5.92 Å². The van der Waals surface area contributed by atoms with Crippen molar-refractivity contribution in [3.8, 4) is 5.82 Å². The van der Waals surface area contributed by atoms with Crippen LogP contribution in [0.15, 0.2) is 47.5 Å². The van der Waals surface area contributed by atoms with E-state index in [-0.39, 0.29) is 23.6 Å². The predicted octanol–water partition coefficient (Wildman–Crippen LogP) is 4.05. The number of nitrogens with one attached hydrogen (secondary N) is 2. The molecule has 1 fully saturated rings. The number of halogens is 1. The number of rotatable bonds is 7. The van der Waals surface area contributed by atoms with Gasteiger partial charge in [-0.25, -0.2) is 12.8 Å². The number of anilines is 1. The Morgan fingerprint density at radius 2 is 2.00 bits per heavy atom. The van der Waals surface area contributed by atoms with Crippen molar-refractivity contribution in [1.29, 1.82) is 0 Å². The standard InChI is InChI=1S/C23H26FN3O3S/c1-14-6-7-18(15(2)11-14)12-19-20(26-31(29,30)16(3)17-8-9-17)13-27(23(28)22(19)24)21-5-4-10-25-21/h4-7,10-11,13,16-17,25-26H,8-9,12H2,1-3H3. The Balaban J connectivity index is 1.83. The van der Waals surface area contributed by atoms with Crippen LogP contribution in [0, 0.1) is 25.6 Å². The Morgan fingerprint density at radius 1 is 1.26 bits per heavy atom. The summed E-state index contributed by atoms with van der Waals surface area (Å²) in [6.07, 6.45) is 4.83. The quantitative estimate of drug-likeness (QED) is 0.578. The highest BCUT2D eigenvalue weighted by Gasteiger charge is 2.37. The molecule has 6 nitrogen and oxygen atoms in total. The Kier molecular flexibility index (Phi) is 5.51. The molecule has 0 radical (unpaired) electrons. The Hall–Kier alpha value is -2.87. The van der Waals surface area contributed by atoms with Crippen LogP contribution in [0.5, 0.6) is 0 Å². The van der Waals surface area contributed by atoms with Gasteiger partial charge >= 0.3 is 0 Å². The van der Waals surface area contributed by atoms with Gasteiger partial charge < -0.3 is 4.98 Å². The van der Waals surface area contributed by atoms with Crippen molar-refractivity contribution >= 4 is 15.7 Å². The summed E-state index contributed by atoms with van der Waals surface area (Å²) in [6, 6.07) is 9.08. The monoisotopic (exact) mass is 443 g/mol. The van der Waals surface area contributed by atoms with Gasteiger partial charge in [0.2, 0.25) is 10.0 Å². The Morgan fingerprint density at radius 3 is 2.61 bits per heavy atom. The average molecular weight is 444 g/mol. The Bertz CT molecular complexity index is 1280. The van der Waals surface area contributed by atoms with Crippen LogP contribution in [-0.4, -0.2) is 23.2 Å². The molecule has 31 heavy (non-hydrogen) atoms. The molecular weight excluding hydrogens is 417 g/mol. The van der Waals surface area contributed by atoms with Gasteiger partial charge in [-0.3, -0.25) is 14.1 Å². The van der Waals surface area contributed by atoms with E-state index in [2.05, 4.69) is 9.71 Å². The molecule has 1 aromatic carbocycles. The summed E-state index contributed by atoms with van der Waals surface area (Å²) in [5.41, 5.74) is 2.15. The van der Waals surface area contributed by atoms with Crippen LogP contribution in [-0.2, 0) is 16.4 Å². The van der Waals surface area contributed by atoms with E-state index in [1.165, 1.54) is 6.20 Å². The molecule has 0 spiro atoms. The van der Waals surface area contributed by atoms with Crippen LogP contribution >= 0.6 is 0 Å². The van der Waals surface area contributed by atoms with Crippen LogP contribution in [0.4, 0.5) is 10.1 Å². The van der Waals surface area contributed by atoms with Crippen LogP contribution in [0.2, 0.25) is 0 Å². The van der Waals surface area contributed by atoms with E-state index in [0.29, 0.717) is 5.82 Å². The summed E-state index contributed by atoms with van der Waals surface area (Å²) in [5.74, 6) is -0.494. The van der Waals surface area contributed by atoms with E-state index in [4.69, 9.17) is 0 Å². The molecule has 1 saturated carbocycles. The van der Waals surface area contributed by atoms with Crippen molar-refractivity contribution < 1.29 is 12.8 Å². The number of hydrogen-bond donors (Lipinski definition) is 2. The maximum atomic E-state index is 15.4. The molecule has 2 aromatic heterocycles. The van der Waals surface area contributed by atoms with Crippen molar-refractivity contribution in [3.05, 3.63) is 81.2 Å². The van der Waals surface area contributed by atoms with Gasteiger partial charge in [0.25, 0.3) is 5.56 Å². The van der Waals surface area contributed by atoms with Crippen molar-refractivity contribution in [2.75, 3.05) is 4.72 Å². The zero-order valence-electron chi connectivity index (χ0n) is 17.8. The molecule has 8 heteroatoms. The fraction of sp³-hybridized carbons (Fsp3) is 0.348. The molecular formula is C23H26FN3O3S. The van der Waals surface area contributed by atoms with Gasteiger partial charge in [0, 0.05) is 24.4 Å². The second-order valence-electron chi connectivity index (χ2n) is 8.36. The van der Waals surface area contributed by atoms with Gasteiger partial charge in [-0.2, -0.15) is 0 Å². The highest BCUT2D eigenvalue weighted by Crippen LogP contribution is 2.37. The van der Waals surface area contributed by atoms with E-state index in [1.54, 1.807) is 25.3 Å². The van der Waals surface area contributed by atoms with E-state index in [1.807, 2.05) is 32.0 Å². The van der Waals surface area contributed by atoms with Crippen LogP contribution in [0.25, 0.3) is 5.82 Å². The number of aromatic nitrogens is 2. The number of nitrogens with zero attached hydrogens (tertiary/aromatic N) is 1. The van der Waals surface area contributed by atoms with Crippen molar-refractivity contribution in [1.82, 2.24) is 9.55 Å². The molecule has 0 amide bonds. The average Bonchev–Trinajstić information content (AvgIpc) is 3.42. The third-order valence-electron chi connectivity index (χ3n) is 5.99. The lowest BCUT2D eigenvalue weighted by Gasteiger charge is -2.19. The zero-order valence-corrected chi connectivity index (χ0v) is 18.6. The summed E-state index contributed by atoms with van der Waals surface area (Å²) in [6.45, 7) is 5.55. The topological polar surface area (TPSA) is 84.0 Å². The molecule has 4 rings (SSSR count). The fourth-order valence-corrected chi connectivity index (χ4v) is 5.28. The zero-order chi connectivity index (χ0) is 22.3. The van der Waals surface area contributed by atoms with Gasteiger partial charge in [0.1, 0.15) is 5.82 Å². The fourth-order valence-electron chi connectivity index (χ4n) is 3.83. The van der Waals surface area contributed by atoms with E-state index in [9.17, 15) is 13.2 Å². The first kappa shape index (κ1) is 21.4. The van der Waals surface area contributed by atoms with Gasteiger partial charge in [-0.1, -0.05) is 23.8 Å². The third kappa shape index (κ3) is 4.30. The van der Waals surface area contributed by atoms with Gasteiger partial charge in [-0.15, -0.1) is 0 Å². The smallest absolute Gasteiger partial charge is 0.292 e. The van der Waals surface area contributed by atoms with Crippen molar-refractivity contribution in [3.63, 3.8) is 0 Å². The van der Waals surface area contributed by atoms with E-state index in [0.717, 1.165) is 34.1 Å². The SMILES string of the molecule is Cc1ccc(Cc2c(NS(=O)(=O)C(C)C3CC3)cn(-c3ccc[nH]3)c(=O)c2F)c(C)c1. The molecule has 1 aliphatic carbocycles. The summed E-state index contributed by atoms with van der Waals surface area (Å²) in [7, 11) is -3.74. The summed E-state index contributed by atoms with van der Waals surface area (Å²) < 4.78 is 45.0. The maximum absolute atomic E-state index is 15.4. The molecule has 164 valence electrons. The lowest BCUT2D eigenvalue weighted by atomic mass is 9.98. The minimum Gasteiger partial charge on any atom is -0.348 e. The molecule has 0 saturated heterocycles. The number of hydrogen-bond acceptors (Lipinski definition) is 3. The predicted molar refractivity (Wildman–Crippen MR) is 120 cm³/mol. The van der Waals surface area contributed by atoms with Crippen LogP contribution in [0.3, 0.4) is 0 Å². The molecule has 0 aliphatic heterocycles. The number of benzene rings is 1. The summed E-state index contributed by atoms with van der Waals surface area (Å²) >= 11 is 0. The first-order valence-electron chi connectivity index (χ1n) is 10.3. The van der Waals surface area contributed by atoms with Gasteiger partial charge in [-0.05, 0) is 62.8 Å². The molecule has 1 unspecified atom stereocenters. The molecule has 1 atom stereocenters. The van der Waals surface area contributed by atoms with Crippen molar-refractivity contribution in [2.45, 2.75) is 45.3 Å². The van der Waals surface area contributed by atoms with E-state index < -0.39 is 26.6 Å². The first-order valence-corrected chi connectivity index (χ1v) is 11.9. The molecule has 2 heterocycles. The number of sulfonamides is 1. The highest BCUT2D eigenvalue weighted by atomic mass is 32.2. The minimum atomic E-state index is -3.74. The molecule has 2 N–H and O–H groups in total. The number of aromatic amines is 1. The van der Waals surface area contributed by atoms with Gasteiger partial charge in [0.15, 0.2) is 5.82 Å².